The Hall–Kier alpha value is -3.16. The van der Waals surface area contributed by atoms with Gasteiger partial charge in [0.25, 0.3) is 0 Å². The standard InChI is InChI=1S/C20H22N6O2/c21-17-9-18(23-12-22-17)25-7-5-20(6-8-25)10-14(28-19(20)27)11-26-13-24-15-3-1-2-4-16(15)26/h1-4,9,12-14H,5-8,10-11H2,(H2,21,22,23). The van der Waals surface area contributed by atoms with Crippen molar-refractivity contribution in [2.45, 2.75) is 31.9 Å². The van der Waals surface area contributed by atoms with Crippen LogP contribution in [0.1, 0.15) is 19.3 Å². The fourth-order valence-electron chi connectivity index (χ4n) is 4.42. The molecule has 144 valence electrons. The second-order valence-corrected chi connectivity index (χ2v) is 7.69. The van der Waals surface area contributed by atoms with Crippen LogP contribution in [0.15, 0.2) is 43.0 Å². The highest BCUT2D eigenvalue weighted by Crippen LogP contribution is 2.44. The average Bonchev–Trinajstić information content (AvgIpc) is 3.24. The number of aromatic nitrogens is 4. The zero-order valence-corrected chi connectivity index (χ0v) is 15.5. The Labute approximate surface area is 162 Å². The van der Waals surface area contributed by atoms with E-state index in [1.807, 2.05) is 30.6 Å². The molecule has 0 saturated carbocycles. The molecule has 0 bridgehead atoms. The first kappa shape index (κ1) is 17.0. The van der Waals surface area contributed by atoms with Gasteiger partial charge in [-0.3, -0.25) is 4.79 Å². The van der Waals surface area contributed by atoms with E-state index in [4.69, 9.17) is 10.5 Å². The van der Waals surface area contributed by atoms with Gasteiger partial charge >= 0.3 is 5.97 Å². The zero-order chi connectivity index (χ0) is 19.1. The summed E-state index contributed by atoms with van der Waals surface area (Å²) in [5, 5.41) is 0. The SMILES string of the molecule is Nc1cc(N2CCC3(CC2)CC(Cn2cnc4ccccc42)OC3=O)ncn1. The molecule has 0 radical (unpaired) electrons. The summed E-state index contributed by atoms with van der Waals surface area (Å²) in [5.41, 5.74) is 7.40. The number of esters is 1. The van der Waals surface area contributed by atoms with Crippen LogP contribution in [-0.2, 0) is 16.1 Å². The Bertz CT molecular complexity index is 1020. The van der Waals surface area contributed by atoms with Crippen molar-refractivity contribution in [3.63, 3.8) is 0 Å². The fraction of sp³-hybridized carbons (Fsp3) is 0.400. The Balaban J connectivity index is 1.28. The van der Waals surface area contributed by atoms with Crippen molar-refractivity contribution in [1.82, 2.24) is 19.5 Å². The smallest absolute Gasteiger partial charge is 0.312 e. The summed E-state index contributed by atoms with van der Waals surface area (Å²) in [4.78, 5) is 27.6. The van der Waals surface area contributed by atoms with Crippen molar-refractivity contribution < 1.29 is 9.53 Å². The molecule has 8 heteroatoms. The van der Waals surface area contributed by atoms with E-state index in [-0.39, 0.29) is 12.1 Å². The molecule has 1 aromatic carbocycles. The minimum atomic E-state index is -0.393. The van der Waals surface area contributed by atoms with E-state index in [2.05, 4.69) is 24.4 Å². The summed E-state index contributed by atoms with van der Waals surface area (Å²) in [6, 6.07) is 9.78. The topological polar surface area (TPSA) is 99.2 Å². The van der Waals surface area contributed by atoms with Crippen LogP contribution in [0, 0.1) is 5.41 Å². The monoisotopic (exact) mass is 378 g/mol. The molecular formula is C20H22N6O2. The number of rotatable bonds is 3. The van der Waals surface area contributed by atoms with Crippen molar-refractivity contribution in [2.75, 3.05) is 23.7 Å². The van der Waals surface area contributed by atoms with Crippen LogP contribution in [0.25, 0.3) is 11.0 Å². The normalized spacial score (nSPS) is 21.4. The Kier molecular flexibility index (Phi) is 3.92. The van der Waals surface area contributed by atoms with Crippen LogP contribution in [0.5, 0.6) is 0 Å². The molecule has 5 rings (SSSR count). The summed E-state index contributed by atoms with van der Waals surface area (Å²) in [6.07, 6.45) is 5.45. The molecule has 2 fully saturated rings. The lowest BCUT2D eigenvalue weighted by atomic mass is 9.76. The number of cyclic esters (lactones) is 1. The second-order valence-electron chi connectivity index (χ2n) is 7.69. The van der Waals surface area contributed by atoms with E-state index in [0.29, 0.717) is 12.4 Å². The third-order valence-electron chi connectivity index (χ3n) is 5.97. The van der Waals surface area contributed by atoms with Crippen LogP contribution in [0.3, 0.4) is 0 Å². The number of piperidine rings is 1. The largest absolute Gasteiger partial charge is 0.460 e. The highest BCUT2D eigenvalue weighted by atomic mass is 16.6. The summed E-state index contributed by atoms with van der Waals surface area (Å²) in [6.45, 7) is 2.15. The Morgan fingerprint density at radius 1 is 1.18 bits per heavy atom. The van der Waals surface area contributed by atoms with Gasteiger partial charge in [0, 0.05) is 25.6 Å². The van der Waals surface area contributed by atoms with Gasteiger partial charge in [0.1, 0.15) is 24.1 Å². The Morgan fingerprint density at radius 3 is 2.82 bits per heavy atom. The molecule has 1 atom stereocenters. The van der Waals surface area contributed by atoms with E-state index in [9.17, 15) is 4.79 Å². The van der Waals surface area contributed by atoms with Gasteiger partial charge in [-0.1, -0.05) is 12.1 Å². The molecule has 1 spiro atoms. The number of fused-ring (bicyclic) bond motifs is 1. The number of carbonyl (C=O) groups is 1. The van der Waals surface area contributed by atoms with Crippen molar-refractivity contribution in [2.24, 2.45) is 5.41 Å². The molecule has 2 N–H and O–H groups in total. The average molecular weight is 378 g/mol. The third kappa shape index (κ3) is 2.85. The predicted molar refractivity (Wildman–Crippen MR) is 105 cm³/mol. The zero-order valence-electron chi connectivity index (χ0n) is 15.5. The number of ether oxygens (including phenoxy) is 1. The lowest BCUT2D eigenvalue weighted by Gasteiger charge is -2.37. The number of para-hydroxylation sites is 2. The molecule has 2 aliphatic rings. The molecule has 1 unspecified atom stereocenters. The molecular weight excluding hydrogens is 356 g/mol. The first-order valence-corrected chi connectivity index (χ1v) is 9.56. The molecule has 2 aliphatic heterocycles. The van der Waals surface area contributed by atoms with Crippen molar-refractivity contribution >= 4 is 28.6 Å². The van der Waals surface area contributed by atoms with Crippen molar-refractivity contribution in [3.05, 3.63) is 43.0 Å². The number of benzene rings is 1. The molecule has 28 heavy (non-hydrogen) atoms. The lowest BCUT2D eigenvalue weighted by molar-refractivity contribution is -0.150. The number of anilines is 2. The predicted octanol–water partition coefficient (Wildman–Crippen LogP) is 2.01. The van der Waals surface area contributed by atoms with Gasteiger partial charge in [0.2, 0.25) is 0 Å². The van der Waals surface area contributed by atoms with Gasteiger partial charge in [-0.15, -0.1) is 0 Å². The third-order valence-corrected chi connectivity index (χ3v) is 5.97. The summed E-state index contributed by atoms with van der Waals surface area (Å²) >= 11 is 0. The van der Waals surface area contributed by atoms with E-state index in [1.165, 1.54) is 6.33 Å². The summed E-state index contributed by atoms with van der Waals surface area (Å²) < 4.78 is 7.86. The van der Waals surface area contributed by atoms with Gasteiger partial charge in [0.05, 0.1) is 29.3 Å². The van der Waals surface area contributed by atoms with Gasteiger partial charge in [-0.25, -0.2) is 15.0 Å². The first-order valence-electron chi connectivity index (χ1n) is 9.56. The highest BCUT2D eigenvalue weighted by molar-refractivity contribution is 5.80. The molecule has 0 amide bonds. The van der Waals surface area contributed by atoms with Gasteiger partial charge in [-0.05, 0) is 25.0 Å². The minimum Gasteiger partial charge on any atom is -0.460 e. The maximum atomic E-state index is 12.7. The number of hydrogen-bond donors (Lipinski definition) is 1. The second kappa shape index (κ2) is 6.47. The number of nitrogen functional groups attached to an aromatic ring is 1. The van der Waals surface area contributed by atoms with Crippen LogP contribution < -0.4 is 10.6 Å². The number of hydrogen-bond acceptors (Lipinski definition) is 7. The minimum absolute atomic E-state index is 0.0660. The molecule has 2 saturated heterocycles. The number of nitrogens with zero attached hydrogens (tertiary/aromatic N) is 5. The molecule has 8 nitrogen and oxygen atoms in total. The highest BCUT2D eigenvalue weighted by Gasteiger charge is 2.50. The van der Waals surface area contributed by atoms with Crippen LogP contribution in [0.4, 0.5) is 11.6 Å². The number of carbonyl (C=O) groups excluding carboxylic acids is 1. The van der Waals surface area contributed by atoms with Crippen LogP contribution >= 0.6 is 0 Å². The van der Waals surface area contributed by atoms with E-state index >= 15 is 0 Å². The van der Waals surface area contributed by atoms with Gasteiger partial charge in [0.15, 0.2) is 0 Å². The van der Waals surface area contributed by atoms with Gasteiger partial charge in [-0.2, -0.15) is 0 Å². The van der Waals surface area contributed by atoms with Crippen LogP contribution in [-0.4, -0.2) is 44.7 Å². The maximum absolute atomic E-state index is 12.7. The lowest BCUT2D eigenvalue weighted by Crippen LogP contribution is -2.43. The molecule has 4 heterocycles. The molecule has 3 aromatic rings. The quantitative estimate of drug-likeness (QED) is 0.696. The van der Waals surface area contributed by atoms with E-state index in [0.717, 1.165) is 49.2 Å². The van der Waals surface area contributed by atoms with Gasteiger partial charge < -0.3 is 19.9 Å². The maximum Gasteiger partial charge on any atom is 0.312 e. The van der Waals surface area contributed by atoms with Crippen LogP contribution in [0.2, 0.25) is 0 Å². The van der Waals surface area contributed by atoms with Crippen molar-refractivity contribution in [3.8, 4) is 0 Å². The van der Waals surface area contributed by atoms with Crippen molar-refractivity contribution in [1.29, 1.82) is 0 Å². The Morgan fingerprint density at radius 2 is 2.00 bits per heavy atom. The summed E-state index contributed by atoms with van der Waals surface area (Å²) in [7, 11) is 0. The van der Waals surface area contributed by atoms with E-state index in [1.54, 1.807) is 6.07 Å². The summed E-state index contributed by atoms with van der Waals surface area (Å²) in [5.74, 6) is 1.21. The van der Waals surface area contributed by atoms with E-state index < -0.39 is 5.41 Å². The molecule has 0 aliphatic carbocycles. The fourth-order valence-corrected chi connectivity index (χ4v) is 4.42. The number of imidazole rings is 1. The first-order chi connectivity index (χ1) is 13.6. The molecule has 2 aromatic heterocycles. The number of nitrogens with two attached hydrogens (primary N) is 1.